The minimum Gasteiger partial charge on any atom is -0.356 e. The van der Waals surface area contributed by atoms with Crippen molar-refractivity contribution in [3.8, 4) is 0 Å². The molecule has 3 rings (SSSR count). The van der Waals surface area contributed by atoms with Gasteiger partial charge in [0.25, 0.3) is 0 Å². The van der Waals surface area contributed by atoms with Crippen molar-refractivity contribution >= 4 is 41.5 Å². The van der Waals surface area contributed by atoms with Gasteiger partial charge in [0.15, 0.2) is 5.96 Å². The van der Waals surface area contributed by atoms with Crippen LogP contribution >= 0.6 is 35.6 Å². The Hall–Kier alpha value is -0.530. The molecule has 1 aliphatic carbocycles. The number of unbranched alkanes of at least 4 members (excludes halogenated alkanes) is 1. The van der Waals surface area contributed by atoms with E-state index in [1.165, 1.54) is 63.7 Å². The van der Waals surface area contributed by atoms with E-state index in [0.717, 1.165) is 24.1 Å². The molecule has 0 radical (unpaired) electrons. The summed E-state index contributed by atoms with van der Waals surface area (Å²) in [5, 5.41) is 7.78. The fourth-order valence-corrected chi connectivity index (χ4v) is 3.87. The number of aliphatic imine (C=N–C) groups is 1. The summed E-state index contributed by atoms with van der Waals surface area (Å²) >= 11 is 6.15. The topological polar surface area (TPSA) is 39.7 Å². The Morgan fingerprint density at radius 1 is 1.19 bits per heavy atom. The second kappa shape index (κ2) is 10.7. The average Bonchev–Trinajstić information content (AvgIpc) is 3.24. The third-order valence-corrected chi connectivity index (χ3v) is 5.74. The van der Waals surface area contributed by atoms with Gasteiger partial charge in [0.1, 0.15) is 0 Å². The molecule has 2 fully saturated rings. The van der Waals surface area contributed by atoms with E-state index in [-0.39, 0.29) is 29.4 Å². The van der Waals surface area contributed by atoms with Gasteiger partial charge in [-0.1, -0.05) is 23.7 Å². The van der Waals surface area contributed by atoms with E-state index in [0.29, 0.717) is 0 Å². The van der Waals surface area contributed by atoms with Gasteiger partial charge in [-0.2, -0.15) is 0 Å². The van der Waals surface area contributed by atoms with E-state index < -0.39 is 0 Å². The van der Waals surface area contributed by atoms with Gasteiger partial charge in [-0.25, -0.2) is 0 Å². The zero-order valence-electron chi connectivity index (χ0n) is 15.8. The molecule has 2 aliphatic rings. The van der Waals surface area contributed by atoms with Crippen molar-refractivity contribution in [2.45, 2.75) is 43.9 Å². The molecule has 0 amide bonds. The molecular formula is C20H32ClIN4. The highest BCUT2D eigenvalue weighted by Crippen LogP contribution is 2.48. The van der Waals surface area contributed by atoms with Crippen molar-refractivity contribution in [2.75, 3.05) is 39.8 Å². The summed E-state index contributed by atoms with van der Waals surface area (Å²) in [5.74, 6) is 0.912. The highest BCUT2D eigenvalue weighted by atomic mass is 127. The quantitative estimate of drug-likeness (QED) is 0.250. The highest BCUT2D eigenvalue weighted by molar-refractivity contribution is 14.0. The van der Waals surface area contributed by atoms with Crippen LogP contribution < -0.4 is 10.6 Å². The van der Waals surface area contributed by atoms with Crippen LogP contribution in [0.25, 0.3) is 0 Å². The molecule has 1 aromatic rings. The maximum atomic E-state index is 6.15. The van der Waals surface area contributed by atoms with Crippen molar-refractivity contribution in [3.05, 3.63) is 34.9 Å². The number of nitrogens with one attached hydrogen (secondary N) is 2. The molecule has 2 N–H and O–H groups in total. The molecule has 146 valence electrons. The zero-order valence-corrected chi connectivity index (χ0v) is 18.9. The van der Waals surface area contributed by atoms with Crippen LogP contribution in [-0.2, 0) is 5.41 Å². The molecule has 0 aromatic heterocycles. The molecular weight excluding hydrogens is 459 g/mol. The summed E-state index contributed by atoms with van der Waals surface area (Å²) in [7, 11) is 1.85. The first-order valence-electron chi connectivity index (χ1n) is 9.65. The minimum absolute atomic E-state index is 0. The van der Waals surface area contributed by atoms with Crippen molar-refractivity contribution < 1.29 is 0 Å². The number of nitrogens with zero attached hydrogens (tertiary/aromatic N) is 2. The summed E-state index contributed by atoms with van der Waals surface area (Å²) in [6.45, 7) is 5.73. The molecule has 26 heavy (non-hydrogen) atoms. The van der Waals surface area contributed by atoms with Crippen molar-refractivity contribution in [1.82, 2.24) is 15.5 Å². The van der Waals surface area contributed by atoms with Crippen LogP contribution in [0.5, 0.6) is 0 Å². The molecule has 1 saturated heterocycles. The molecule has 0 atom stereocenters. The third kappa shape index (κ3) is 6.27. The number of guanidine groups is 1. The second-order valence-corrected chi connectivity index (χ2v) is 7.84. The largest absolute Gasteiger partial charge is 0.356 e. The van der Waals surface area contributed by atoms with Gasteiger partial charge in [-0.15, -0.1) is 24.0 Å². The summed E-state index contributed by atoms with van der Waals surface area (Å²) in [6, 6.07) is 8.28. The van der Waals surface area contributed by atoms with Gasteiger partial charge in [-0.3, -0.25) is 4.99 Å². The predicted molar refractivity (Wildman–Crippen MR) is 122 cm³/mol. The first-order chi connectivity index (χ1) is 12.2. The number of likely N-dealkylation sites (tertiary alicyclic amines) is 1. The minimum atomic E-state index is 0. The average molecular weight is 491 g/mol. The van der Waals surface area contributed by atoms with Crippen LogP contribution in [0, 0.1) is 0 Å². The Morgan fingerprint density at radius 3 is 2.62 bits per heavy atom. The van der Waals surface area contributed by atoms with E-state index in [1.807, 2.05) is 19.2 Å². The number of hydrogen-bond donors (Lipinski definition) is 2. The molecule has 6 heteroatoms. The molecule has 4 nitrogen and oxygen atoms in total. The molecule has 1 aromatic carbocycles. The van der Waals surface area contributed by atoms with Gasteiger partial charge in [-0.05, 0) is 75.9 Å². The fraction of sp³-hybridized carbons (Fsp3) is 0.650. The second-order valence-electron chi connectivity index (χ2n) is 7.40. The monoisotopic (exact) mass is 490 g/mol. The summed E-state index contributed by atoms with van der Waals surface area (Å²) in [6.07, 6.45) is 7.64. The number of hydrogen-bond acceptors (Lipinski definition) is 2. The molecule has 0 unspecified atom stereocenters. The fourth-order valence-electron chi connectivity index (χ4n) is 3.68. The van der Waals surface area contributed by atoms with Crippen LogP contribution in [0.3, 0.4) is 0 Å². The van der Waals surface area contributed by atoms with Crippen LogP contribution in [0.1, 0.15) is 44.1 Å². The summed E-state index contributed by atoms with van der Waals surface area (Å²) in [5.41, 5.74) is 1.58. The predicted octanol–water partition coefficient (Wildman–Crippen LogP) is 4.03. The van der Waals surface area contributed by atoms with Crippen LogP contribution in [0.15, 0.2) is 29.3 Å². The number of rotatable bonds is 8. The molecule has 1 saturated carbocycles. The number of halogens is 2. The lowest BCUT2D eigenvalue weighted by Crippen LogP contribution is -2.41. The van der Waals surface area contributed by atoms with E-state index in [1.54, 1.807) is 0 Å². The molecule has 1 aliphatic heterocycles. The molecule has 1 heterocycles. The van der Waals surface area contributed by atoms with Gasteiger partial charge in [0.2, 0.25) is 0 Å². The lowest BCUT2D eigenvalue weighted by Gasteiger charge is -2.19. The smallest absolute Gasteiger partial charge is 0.191 e. The van der Waals surface area contributed by atoms with E-state index in [9.17, 15) is 0 Å². The van der Waals surface area contributed by atoms with Crippen molar-refractivity contribution in [2.24, 2.45) is 4.99 Å². The van der Waals surface area contributed by atoms with Gasteiger partial charge in [0, 0.05) is 30.6 Å². The highest BCUT2D eigenvalue weighted by Gasteiger charge is 2.44. The zero-order chi connectivity index (χ0) is 17.5. The van der Waals surface area contributed by atoms with Gasteiger partial charge >= 0.3 is 0 Å². The first kappa shape index (κ1) is 21.8. The SMILES string of the molecule is CN=C(NCCCCN1CCCC1)NCC1(c2cccc(Cl)c2)CC1.I. The van der Waals surface area contributed by atoms with E-state index >= 15 is 0 Å². The first-order valence-corrected chi connectivity index (χ1v) is 10.0. The van der Waals surface area contributed by atoms with Crippen LogP contribution in [-0.4, -0.2) is 50.6 Å². The maximum Gasteiger partial charge on any atom is 0.191 e. The van der Waals surface area contributed by atoms with Crippen molar-refractivity contribution in [3.63, 3.8) is 0 Å². The Labute approximate surface area is 180 Å². The molecule has 0 bridgehead atoms. The summed E-state index contributed by atoms with van der Waals surface area (Å²) < 4.78 is 0. The Morgan fingerprint density at radius 2 is 1.96 bits per heavy atom. The molecule has 0 spiro atoms. The van der Waals surface area contributed by atoms with Gasteiger partial charge in [0.05, 0.1) is 0 Å². The third-order valence-electron chi connectivity index (χ3n) is 5.50. The summed E-state index contributed by atoms with van der Waals surface area (Å²) in [4.78, 5) is 6.94. The maximum absolute atomic E-state index is 6.15. The Kier molecular flexibility index (Phi) is 8.97. The Balaban J connectivity index is 0.00000243. The standard InChI is InChI=1S/C20H31ClN4.HI/c1-22-19(23-11-2-3-12-25-13-4-5-14-25)24-16-20(9-10-20)17-7-6-8-18(21)15-17;/h6-8,15H,2-5,9-14,16H2,1H3,(H2,22,23,24);1H. The van der Waals surface area contributed by atoms with Gasteiger partial charge < -0.3 is 15.5 Å². The Bertz CT molecular complexity index is 583. The van der Waals surface area contributed by atoms with Crippen LogP contribution in [0.4, 0.5) is 0 Å². The normalized spacial score (nSPS) is 19.1. The lowest BCUT2D eigenvalue weighted by molar-refractivity contribution is 0.330. The van der Waals surface area contributed by atoms with Crippen LogP contribution in [0.2, 0.25) is 5.02 Å². The lowest BCUT2D eigenvalue weighted by atomic mass is 9.96. The number of benzene rings is 1. The van der Waals surface area contributed by atoms with Crippen molar-refractivity contribution in [1.29, 1.82) is 0 Å². The van der Waals surface area contributed by atoms with E-state index in [4.69, 9.17) is 11.6 Å². The van der Waals surface area contributed by atoms with E-state index in [2.05, 4.69) is 32.7 Å².